The minimum atomic E-state index is -0.546. The lowest BCUT2D eigenvalue weighted by Gasteiger charge is -2.10. The Hall–Kier alpha value is -0.480. The lowest BCUT2D eigenvalue weighted by Crippen LogP contribution is -2.19. The maximum Gasteiger partial charge on any atom is 0.324 e. The normalized spacial score (nSPS) is 13.5. The minimum Gasteiger partial charge on any atom is -0.465 e. The number of ether oxygens (including phenoxy) is 2. The van der Waals surface area contributed by atoms with Gasteiger partial charge in [-0.25, -0.2) is 0 Å². The van der Waals surface area contributed by atoms with Gasteiger partial charge in [0.2, 0.25) is 0 Å². The Morgan fingerprint density at radius 3 is 1.52 bits per heavy atom. The van der Waals surface area contributed by atoms with E-state index in [0.29, 0.717) is 26.1 Å². The first-order chi connectivity index (χ1) is 10.0. The van der Waals surface area contributed by atoms with Gasteiger partial charge >= 0.3 is 11.9 Å². The van der Waals surface area contributed by atoms with Crippen LogP contribution >= 0.6 is 23.2 Å². The molecule has 2 unspecified atom stereocenters. The average molecular weight is 341 g/mol. The smallest absolute Gasteiger partial charge is 0.324 e. The Morgan fingerprint density at radius 1 is 0.810 bits per heavy atom. The van der Waals surface area contributed by atoms with Crippen LogP contribution in [-0.4, -0.2) is 35.9 Å². The zero-order chi connectivity index (χ0) is 16.1. The molecule has 124 valence electrons. The number of carbonyl (C=O) groups is 2. The molecule has 0 aromatic heterocycles. The van der Waals surface area contributed by atoms with E-state index < -0.39 is 10.8 Å². The summed E-state index contributed by atoms with van der Waals surface area (Å²) in [6.45, 7) is 4.65. The molecule has 2 atom stereocenters. The maximum absolute atomic E-state index is 11.4. The predicted octanol–water partition coefficient (Wildman–Crippen LogP) is 4.06. The minimum absolute atomic E-state index is 0.352. The fourth-order valence-corrected chi connectivity index (χ4v) is 2.21. The molecule has 6 heteroatoms. The van der Waals surface area contributed by atoms with Crippen molar-refractivity contribution in [3.05, 3.63) is 0 Å². The van der Waals surface area contributed by atoms with Crippen molar-refractivity contribution in [1.29, 1.82) is 0 Å². The molecular formula is C15H26Cl2O4. The van der Waals surface area contributed by atoms with E-state index in [0.717, 1.165) is 32.1 Å². The van der Waals surface area contributed by atoms with E-state index in [1.165, 1.54) is 0 Å². The molecule has 0 fully saturated rings. The van der Waals surface area contributed by atoms with Crippen molar-refractivity contribution in [2.24, 2.45) is 0 Å². The van der Waals surface area contributed by atoms with Crippen LogP contribution in [0.3, 0.4) is 0 Å². The van der Waals surface area contributed by atoms with Gasteiger partial charge < -0.3 is 9.47 Å². The van der Waals surface area contributed by atoms with E-state index >= 15 is 0 Å². The zero-order valence-corrected chi connectivity index (χ0v) is 14.4. The van der Waals surface area contributed by atoms with Gasteiger partial charge in [0, 0.05) is 0 Å². The predicted molar refractivity (Wildman–Crippen MR) is 84.9 cm³/mol. The van der Waals surface area contributed by atoms with E-state index in [4.69, 9.17) is 32.7 Å². The summed E-state index contributed by atoms with van der Waals surface area (Å²) in [5.41, 5.74) is 0. The third kappa shape index (κ3) is 10.8. The van der Waals surface area contributed by atoms with Crippen molar-refractivity contribution in [3.63, 3.8) is 0 Å². The monoisotopic (exact) mass is 340 g/mol. The van der Waals surface area contributed by atoms with Crippen molar-refractivity contribution in [2.75, 3.05) is 13.2 Å². The van der Waals surface area contributed by atoms with Crippen molar-refractivity contribution in [3.8, 4) is 0 Å². The van der Waals surface area contributed by atoms with Gasteiger partial charge in [-0.15, -0.1) is 23.2 Å². The van der Waals surface area contributed by atoms with E-state index in [2.05, 4.69) is 0 Å². The number of hydrogen-bond acceptors (Lipinski definition) is 4. The lowest BCUT2D eigenvalue weighted by molar-refractivity contribution is -0.143. The topological polar surface area (TPSA) is 52.6 Å². The molecule has 0 saturated heterocycles. The molecule has 0 spiro atoms. The van der Waals surface area contributed by atoms with Gasteiger partial charge in [-0.1, -0.05) is 26.7 Å². The molecule has 0 rings (SSSR count). The van der Waals surface area contributed by atoms with Crippen LogP contribution in [0.25, 0.3) is 0 Å². The number of alkyl halides is 2. The quantitative estimate of drug-likeness (QED) is 0.305. The standard InChI is InChI=1S/C15H26Cl2O4/c1-3-8-12(16)14(18)20-10-6-5-7-11-21-15(19)13(17)9-4-2/h12-13H,3-11H2,1-2H3. The van der Waals surface area contributed by atoms with Crippen LogP contribution < -0.4 is 0 Å². The van der Waals surface area contributed by atoms with E-state index in [1.54, 1.807) is 0 Å². The fourth-order valence-electron chi connectivity index (χ4n) is 1.65. The second-order valence-electron chi connectivity index (χ2n) is 4.91. The van der Waals surface area contributed by atoms with Gasteiger partial charge in [0.15, 0.2) is 0 Å². The number of carbonyl (C=O) groups excluding carboxylic acids is 2. The Labute approximate surface area is 137 Å². The molecule has 0 aliphatic rings. The number of halogens is 2. The summed E-state index contributed by atoms with van der Waals surface area (Å²) in [5.74, 6) is -0.705. The first kappa shape index (κ1) is 20.5. The lowest BCUT2D eigenvalue weighted by atomic mass is 10.2. The highest BCUT2D eigenvalue weighted by Crippen LogP contribution is 2.09. The number of hydrogen-bond donors (Lipinski definition) is 0. The Bertz CT molecular complexity index is 269. The Balaban J connectivity index is 3.48. The molecule has 0 radical (unpaired) electrons. The number of rotatable bonds is 12. The van der Waals surface area contributed by atoms with Gasteiger partial charge in [0.05, 0.1) is 13.2 Å². The molecule has 4 nitrogen and oxygen atoms in total. The molecule has 0 saturated carbocycles. The summed E-state index contributed by atoms with van der Waals surface area (Å²) in [6, 6.07) is 0. The summed E-state index contributed by atoms with van der Waals surface area (Å²) in [5, 5.41) is -1.09. The molecule has 0 aromatic carbocycles. The van der Waals surface area contributed by atoms with Crippen LogP contribution in [0.5, 0.6) is 0 Å². The molecule has 0 aliphatic heterocycles. The second kappa shape index (κ2) is 13.2. The molecule has 0 aliphatic carbocycles. The summed E-state index contributed by atoms with van der Waals surface area (Å²) in [6.07, 6.45) is 5.27. The molecule has 0 aromatic rings. The van der Waals surface area contributed by atoms with E-state index in [-0.39, 0.29) is 11.9 Å². The van der Waals surface area contributed by atoms with Gasteiger partial charge in [-0.05, 0) is 32.1 Å². The Morgan fingerprint density at radius 2 is 1.19 bits per heavy atom. The number of unbranched alkanes of at least 4 members (excludes halogenated alkanes) is 2. The molecule has 0 bridgehead atoms. The summed E-state index contributed by atoms with van der Waals surface area (Å²) >= 11 is 11.7. The highest BCUT2D eigenvalue weighted by molar-refractivity contribution is 6.30. The van der Waals surface area contributed by atoms with Crippen LogP contribution in [0.1, 0.15) is 58.8 Å². The molecule has 21 heavy (non-hydrogen) atoms. The summed E-state index contributed by atoms with van der Waals surface area (Å²) in [4.78, 5) is 22.8. The first-order valence-electron chi connectivity index (χ1n) is 7.64. The average Bonchev–Trinajstić information content (AvgIpc) is 2.46. The van der Waals surface area contributed by atoms with Crippen molar-refractivity contribution < 1.29 is 19.1 Å². The molecule has 0 amide bonds. The van der Waals surface area contributed by atoms with Gasteiger partial charge in [-0.2, -0.15) is 0 Å². The van der Waals surface area contributed by atoms with Crippen LogP contribution in [0.2, 0.25) is 0 Å². The summed E-state index contributed by atoms with van der Waals surface area (Å²) < 4.78 is 10.1. The molecule has 0 N–H and O–H groups in total. The van der Waals surface area contributed by atoms with Gasteiger partial charge in [0.25, 0.3) is 0 Å². The SMILES string of the molecule is CCCC(Cl)C(=O)OCCCCCOC(=O)C(Cl)CCC. The third-order valence-corrected chi connectivity index (χ3v) is 3.67. The highest BCUT2D eigenvalue weighted by atomic mass is 35.5. The van der Waals surface area contributed by atoms with Crippen LogP contribution in [-0.2, 0) is 19.1 Å². The first-order valence-corrected chi connectivity index (χ1v) is 8.51. The highest BCUT2D eigenvalue weighted by Gasteiger charge is 2.16. The maximum atomic E-state index is 11.4. The largest absolute Gasteiger partial charge is 0.465 e. The van der Waals surface area contributed by atoms with Gasteiger partial charge in [-0.3, -0.25) is 9.59 Å². The van der Waals surface area contributed by atoms with Crippen molar-refractivity contribution >= 4 is 35.1 Å². The van der Waals surface area contributed by atoms with Gasteiger partial charge in [0.1, 0.15) is 10.8 Å². The fraction of sp³-hybridized carbons (Fsp3) is 0.867. The summed E-state index contributed by atoms with van der Waals surface area (Å²) in [7, 11) is 0. The molecule has 0 heterocycles. The van der Waals surface area contributed by atoms with Crippen molar-refractivity contribution in [1.82, 2.24) is 0 Å². The zero-order valence-electron chi connectivity index (χ0n) is 12.9. The third-order valence-electron chi connectivity index (χ3n) is 2.87. The van der Waals surface area contributed by atoms with E-state index in [1.807, 2.05) is 13.8 Å². The van der Waals surface area contributed by atoms with E-state index in [9.17, 15) is 9.59 Å². The molecular weight excluding hydrogens is 315 g/mol. The van der Waals surface area contributed by atoms with Crippen LogP contribution in [0, 0.1) is 0 Å². The van der Waals surface area contributed by atoms with Crippen molar-refractivity contribution in [2.45, 2.75) is 69.5 Å². The van der Waals surface area contributed by atoms with Crippen LogP contribution in [0.15, 0.2) is 0 Å². The Kier molecular flexibility index (Phi) is 12.9. The number of esters is 2. The second-order valence-corrected chi connectivity index (χ2v) is 5.96. The van der Waals surface area contributed by atoms with Crippen LogP contribution in [0.4, 0.5) is 0 Å².